The van der Waals surface area contributed by atoms with E-state index in [0.29, 0.717) is 0 Å². The Morgan fingerprint density at radius 1 is 1.07 bits per heavy atom. The Kier molecular flexibility index (Phi) is 5.91. The molecule has 0 aliphatic carbocycles. The lowest BCUT2D eigenvalue weighted by Gasteiger charge is -2.24. The quantitative estimate of drug-likeness (QED) is 0.455. The van der Waals surface area contributed by atoms with Crippen molar-refractivity contribution in [1.82, 2.24) is 14.3 Å². The van der Waals surface area contributed by atoms with E-state index in [4.69, 9.17) is 47.1 Å². The molecule has 0 aliphatic heterocycles. The molecule has 0 saturated carbocycles. The second-order valence-corrected chi connectivity index (χ2v) is 8.30. The average molecular weight is 404 g/mol. The monoisotopic (exact) mass is 405 g/mol. The van der Waals surface area contributed by atoms with Gasteiger partial charge in [-0.15, -0.1) is 0 Å². The van der Waals surface area contributed by atoms with Crippen molar-refractivity contribution >= 4 is 79.2 Å². The van der Waals surface area contributed by atoms with Crippen LogP contribution in [0.5, 0.6) is 0 Å². The van der Waals surface area contributed by atoms with Crippen LogP contribution in [-0.2, 0) is 15.4 Å². The first-order valence-electron chi connectivity index (χ1n) is 8.51. The van der Waals surface area contributed by atoms with Gasteiger partial charge in [-0.25, -0.2) is 16.8 Å². The van der Waals surface area contributed by atoms with Crippen molar-refractivity contribution in [3.05, 3.63) is 47.9 Å². The van der Waals surface area contributed by atoms with Crippen LogP contribution in [-0.4, -0.2) is 71.5 Å². The molecule has 13 heteroatoms. The predicted molar refractivity (Wildman–Crippen MR) is 120 cm³/mol. The first-order valence-corrected chi connectivity index (χ1v) is 9.95. The normalized spacial score (nSPS) is 12.2. The van der Waals surface area contributed by atoms with Crippen molar-refractivity contribution in [2.75, 3.05) is 7.05 Å². The zero-order chi connectivity index (χ0) is 22.4. The van der Waals surface area contributed by atoms with Gasteiger partial charge >= 0.3 is 0 Å². The summed E-state index contributed by atoms with van der Waals surface area (Å²) in [7, 11) is 32.0. The molecular formula is C17H10B6FN3O2S. The van der Waals surface area contributed by atoms with Gasteiger partial charge in [0.15, 0.2) is 0 Å². The number of pyridine rings is 1. The van der Waals surface area contributed by atoms with E-state index >= 15 is 0 Å². The predicted octanol–water partition coefficient (Wildman–Crippen LogP) is -3.23. The van der Waals surface area contributed by atoms with E-state index in [1.807, 2.05) is 0 Å². The molecule has 2 heterocycles. The first kappa shape index (κ1) is 22.6. The van der Waals surface area contributed by atoms with Crippen molar-refractivity contribution in [2.24, 2.45) is 0 Å². The van der Waals surface area contributed by atoms with E-state index in [-0.39, 0.29) is 33.3 Å². The highest BCUT2D eigenvalue weighted by Crippen LogP contribution is 2.30. The standard InChI is InChI=1S/C17H10B6FN3O2S/c1-25-17(22,23)8-6-11(9-4-2-3-5-10(9)24)27(7-8)30(28,29)14-12(18)13(19)15(20)26-16(14)21/h2-7,25H,1H3. The zero-order valence-electron chi connectivity index (χ0n) is 15.9. The molecule has 0 unspecified atom stereocenters. The summed E-state index contributed by atoms with van der Waals surface area (Å²) in [6, 6.07) is 6.93. The molecule has 0 aliphatic rings. The maximum atomic E-state index is 14.5. The number of rotatable bonds is 5. The lowest BCUT2D eigenvalue weighted by molar-refractivity contribution is 0.588. The van der Waals surface area contributed by atoms with Crippen LogP contribution in [0.2, 0.25) is 0 Å². The van der Waals surface area contributed by atoms with Crippen LogP contribution in [0.3, 0.4) is 0 Å². The number of hydrogen-bond acceptors (Lipinski definition) is 4. The molecular weight excluding hydrogens is 394 g/mol. The number of nitrogens with one attached hydrogen (secondary N) is 1. The van der Waals surface area contributed by atoms with Crippen LogP contribution in [0.4, 0.5) is 4.39 Å². The lowest BCUT2D eigenvalue weighted by atomic mass is 9.59. The fraction of sp³-hybridized carbons (Fsp3) is 0.118. The van der Waals surface area contributed by atoms with Crippen molar-refractivity contribution < 1.29 is 12.8 Å². The van der Waals surface area contributed by atoms with Crippen molar-refractivity contribution in [2.45, 2.75) is 10.2 Å². The largest absolute Gasteiger partial charge is 0.327 e. The molecule has 5 nitrogen and oxygen atoms in total. The van der Waals surface area contributed by atoms with Crippen LogP contribution in [0, 0.1) is 5.82 Å². The number of nitrogens with zero attached hydrogens (tertiary/aromatic N) is 2. The molecule has 0 bridgehead atoms. The second kappa shape index (κ2) is 7.85. The van der Waals surface area contributed by atoms with Crippen molar-refractivity contribution in [3.63, 3.8) is 0 Å². The summed E-state index contributed by atoms with van der Waals surface area (Å²) in [6.45, 7) is 0. The third kappa shape index (κ3) is 3.69. The molecule has 1 aromatic carbocycles. The number of hydrogen-bond donors (Lipinski definition) is 1. The molecule has 30 heavy (non-hydrogen) atoms. The average Bonchev–Trinajstić information content (AvgIpc) is 3.13. The molecule has 12 radical (unpaired) electrons. The van der Waals surface area contributed by atoms with Gasteiger partial charge in [0.1, 0.15) is 37.2 Å². The van der Waals surface area contributed by atoms with E-state index in [9.17, 15) is 12.8 Å². The van der Waals surface area contributed by atoms with E-state index in [0.717, 1.165) is 10.2 Å². The maximum Gasteiger partial charge on any atom is 0.268 e. The Bertz CT molecular complexity index is 1250. The summed E-state index contributed by atoms with van der Waals surface area (Å²) >= 11 is 0. The minimum Gasteiger partial charge on any atom is -0.327 e. The van der Waals surface area contributed by atoms with Gasteiger partial charge < -0.3 is 5.32 Å². The van der Waals surface area contributed by atoms with Gasteiger partial charge in [-0.3, -0.25) is 4.98 Å². The zero-order valence-corrected chi connectivity index (χ0v) is 16.7. The maximum absolute atomic E-state index is 14.5. The third-order valence-corrected chi connectivity index (χ3v) is 6.39. The minimum absolute atomic E-state index is 0.0206. The third-order valence-electron chi connectivity index (χ3n) is 4.63. The molecule has 0 atom stereocenters. The highest BCUT2D eigenvalue weighted by atomic mass is 32.2. The Hall–Kier alpha value is -2.12. The van der Waals surface area contributed by atoms with Crippen LogP contribution < -0.4 is 27.4 Å². The molecule has 0 spiro atoms. The fourth-order valence-corrected chi connectivity index (χ4v) is 4.44. The Balaban J connectivity index is 2.38. The Labute approximate surface area is 182 Å². The SMILES string of the molecule is [B]c1nc([B])c(S(=O)(=O)n2cc(C([B])([B])NC)cc2-c2ccccc2F)c([B])c1[B]. The van der Waals surface area contributed by atoms with E-state index < -0.39 is 31.7 Å². The molecule has 0 fully saturated rings. The van der Waals surface area contributed by atoms with Gasteiger partial charge in [0.2, 0.25) is 0 Å². The van der Waals surface area contributed by atoms with Gasteiger partial charge in [0.05, 0.1) is 26.3 Å². The van der Waals surface area contributed by atoms with Crippen LogP contribution in [0.25, 0.3) is 11.3 Å². The topological polar surface area (TPSA) is 64.0 Å². The van der Waals surface area contributed by atoms with Crippen molar-refractivity contribution in [3.8, 4) is 11.3 Å². The molecule has 0 amide bonds. The molecule has 136 valence electrons. The Morgan fingerprint density at radius 3 is 2.30 bits per heavy atom. The van der Waals surface area contributed by atoms with E-state index in [1.165, 1.54) is 31.3 Å². The highest BCUT2D eigenvalue weighted by molar-refractivity contribution is 7.90. The van der Waals surface area contributed by atoms with E-state index in [1.54, 1.807) is 6.07 Å². The number of halogens is 1. The van der Waals surface area contributed by atoms with Gasteiger partial charge in [0, 0.05) is 17.4 Å². The summed E-state index contributed by atoms with van der Waals surface area (Å²) in [5.74, 6) is -0.668. The summed E-state index contributed by atoms with van der Waals surface area (Å²) < 4.78 is 42.3. The van der Waals surface area contributed by atoms with Crippen molar-refractivity contribution in [1.29, 1.82) is 0 Å². The van der Waals surface area contributed by atoms with Gasteiger partial charge in [-0.2, -0.15) is 0 Å². The number of aromatic nitrogens is 2. The fourth-order valence-electron chi connectivity index (χ4n) is 2.89. The Morgan fingerprint density at radius 2 is 1.70 bits per heavy atom. The summed E-state index contributed by atoms with van der Waals surface area (Å²) in [6.07, 6.45) is 1.14. The van der Waals surface area contributed by atoms with E-state index in [2.05, 4.69) is 10.3 Å². The van der Waals surface area contributed by atoms with Crippen LogP contribution in [0.15, 0.2) is 41.4 Å². The van der Waals surface area contributed by atoms with Gasteiger partial charge in [-0.1, -0.05) is 23.1 Å². The van der Waals surface area contributed by atoms with Crippen LogP contribution >= 0.6 is 0 Å². The molecule has 2 aromatic heterocycles. The molecule has 0 saturated heterocycles. The highest BCUT2D eigenvalue weighted by Gasteiger charge is 2.30. The summed E-state index contributed by atoms with van der Waals surface area (Å²) in [5, 5.41) is 1.04. The molecule has 3 rings (SSSR count). The van der Waals surface area contributed by atoms with Crippen LogP contribution in [0.1, 0.15) is 5.56 Å². The molecule has 1 N–H and O–H groups in total. The summed E-state index contributed by atoms with van der Waals surface area (Å²) in [5.41, 5.74) is -1.24. The molecule has 3 aromatic rings. The van der Waals surface area contributed by atoms with Gasteiger partial charge in [-0.05, 0) is 41.7 Å². The summed E-state index contributed by atoms with van der Waals surface area (Å²) in [4.78, 5) is 3.17. The number of benzene rings is 1. The smallest absolute Gasteiger partial charge is 0.268 e. The first-order chi connectivity index (χ1) is 13.9. The minimum atomic E-state index is -4.52. The second-order valence-electron chi connectivity index (χ2n) is 6.55. The lowest BCUT2D eigenvalue weighted by Crippen LogP contribution is -2.49. The van der Waals surface area contributed by atoms with Gasteiger partial charge in [0.25, 0.3) is 10.0 Å².